The number of hydrogen-bond donors (Lipinski definition) is 2. The van der Waals surface area contributed by atoms with E-state index < -0.39 is 11.5 Å². The Morgan fingerprint density at radius 3 is 2.58 bits per heavy atom. The normalized spacial score (nSPS) is 20.2. The van der Waals surface area contributed by atoms with Gasteiger partial charge in [0, 0.05) is 6.08 Å². The van der Waals surface area contributed by atoms with Crippen LogP contribution >= 0.6 is 0 Å². The van der Waals surface area contributed by atoms with Crippen molar-refractivity contribution in [2.75, 3.05) is 0 Å². The van der Waals surface area contributed by atoms with Crippen molar-refractivity contribution in [3.8, 4) is 0 Å². The predicted octanol–water partition coefficient (Wildman–Crippen LogP) is 0.296. The highest BCUT2D eigenvalue weighted by Crippen LogP contribution is 2.23. The standard InChI is InChI=1S/C8H11NO3/c1-8(2)5(4-7(11)12)3-6(10)9-8/h3H,4H2,1-2H3,(H,9,10)(H,11,12). The maximum absolute atomic E-state index is 10.9. The molecule has 4 heteroatoms. The number of hydrogen-bond acceptors (Lipinski definition) is 2. The summed E-state index contributed by atoms with van der Waals surface area (Å²) in [5.74, 6) is -1.12. The van der Waals surface area contributed by atoms with Gasteiger partial charge in [0.05, 0.1) is 12.0 Å². The van der Waals surface area contributed by atoms with Crippen LogP contribution in [0.3, 0.4) is 0 Å². The number of amides is 1. The molecule has 0 bridgehead atoms. The van der Waals surface area contributed by atoms with Gasteiger partial charge in [0.1, 0.15) is 0 Å². The lowest BCUT2D eigenvalue weighted by molar-refractivity contribution is -0.136. The molecule has 1 amide bonds. The maximum Gasteiger partial charge on any atom is 0.307 e. The fraction of sp³-hybridized carbons (Fsp3) is 0.500. The van der Waals surface area contributed by atoms with Crippen LogP contribution in [0.5, 0.6) is 0 Å². The molecule has 12 heavy (non-hydrogen) atoms. The van der Waals surface area contributed by atoms with Crippen molar-refractivity contribution in [2.24, 2.45) is 0 Å². The Bertz CT molecular complexity index is 265. The molecule has 0 aromatic carbocycles. The first-order valence-electron chi connectivity index (χ1n) is 3.67. The minimum Gasteiger partial charge on any atom is -0.481 e. The molecule has 4 nitrogen and oxygen atoms in total. The van der Waals surface area contributed by atoms with Crippen LogP contribution in [0.4, 0.5) is 0 Å². The van der Waals surface area contributed by atoms with E-state index in [0.29, 0.717) is 5.57 Å². The first-order chi connectivity index (χ1) is 5.42. The zero-order valence-electron chi connectivity index (χ0n) is 7.05. The highest BCUT2D eigenvalue weighted by atomic mass is 16.4. The Kier molecular flexibility index (Phi) is 1.92. The molecule has 1 aliphatic heterocycles. The second kappa shape index (κ2) is 2.62. The van der Waals surface area contributed by atoms with Crippen molar-refractivity contribution in [3.63, 3.8) is 0 Å². The van der Waals surface area contributed by atoms with E-state index in [-0.39, 0.29) is 12.3 Å². The second-order valence-electron chi connectivity index (χ2n) is 3.35. The number of carboxylic acid groups (broad SMARTS) is 1. The van der Waals surface area contributed by atoms with Crippen molar-refractivity contribution in [1.29, 1.82) is 0 Å². The molecule has 1 rings (SSSR count). The number of rotatable bonds is 2. The number of carbonyl (C=O) groups excluding carboxylic acids is 1. The molecule has 0 spiro atoms. The zero-order chi connectivity index (χ0) is 9.35. The van der Waals surface area contributed by atoms with Crippen LogP contribution in [0.1, 0.15) is 20.3 Å². The molecule has 66 valence electrons. The molecule has 0 aromatic heterocycles. The van der Waals surface area contributed by atoms with E-state index in [1.165, 1.54) is 6.08 Å². The van der Waals surface area contributed by atoms with Gasteiger partial charge in [-0.25, -0.2) is 0 Å². The minimum absolute atomic E-state index is 0.0776. The average molecular weight is 169 g/mol. The van der Waals surface area contributed by atoms with Crippen molar-refractivity contribution < 1.29 is 14.7 Å². The maximum atomic E-state index is 10.9. The van der Waals surface area contributed by atoms with Crippen molar-refractivity contribution in [1.82, 2.24) is 5.32 Å². The van der Waals surface area contributed by atoms with Crippen molar-refractivity contribution in [2.45, 2.75) is 25.8 Å². The van der Waals surface area contributed by atoms with Crippen LogP contribution in [-0.2, 0) is 9.59 Å². The molecule has 0 unspecified atom stereocenters. The van der Waals surface area contributed by atoms with E-state index in [1.807, 2.05) is 0 Å². The summed E-state index contributed by atoms with van der Waals surface area (Å²) in [6.07, 6.45) is 1.28. The Hall–Kier alpha value is -1.32. The Morgan fingerprint density at radius 2 is 2.25 bits per heavy atom. The van der Waals surface area contributed by atoms with Crippen molar-refractivity contribution >= 4 is 11.9 Å². The monoisotopic (exact) mass is 169 g/mol. The molecule has 1 heterocycles. The number of carbonyl (C=O) groups is 2. The van der Waals surface area contributed by atoms with Gasteiger partial charge in [0.2, 0.25) is 5.91 Å². The minimum atomic E-state index is -0.911. The van der Waals surface area contributed by atoms with Gasteiger partial charge in [-0.2, -0.15) is 0 Å². The summed E-state index contributed by atoms with van der Waals surface area (Å²) in [5, 5.41) is 11.2. The SMILES string of the molecule is CC1(C)NC(=O)C=C1CC(=O)O. The zero-order valence-corrected chi connectivity index (χ0v) is 7.05. The van der Waals surface area contributed by atoms with Gasteiger partial charge in [-0.3, -0.25) is 9.59 Å². The highest BCUT2D eigenvalue weighted by Gasteiger charge is 2.31. The molecule has 2 N–H and O–H groups in total. The molecule has 1 aliphatic rings. The third-order valence-corrected chi connectivity index (χ3v) is 1.89. The van der Waals surface area contributed by atoms with Gasteiger partial charge < -0.3 is 10.4 Å². The first kappa shape index (κ1) is 8.77. The molecule has 0 aliphatic carbocycles. The summed E-state index contributed by atoms with van der Waals surface area (Å²) < 4.78 is 0. The molecule has 0 aromatic rings. The number of carboxylic acids is 1. The van der Waals surface area contributed by atoms with E-state index in [2.05, 4.69) is 5.32 Å². The largest absolute Gasteiger partial charge is 0.481 e. The van der Waals surface area contributed by atoms with Gasteiger partial charge in [-0.1, -0.05) is 0 Å². The van der Waals surface area contributed by atoms with Gasteiger partial charge in [-0.05, 0) is 19.4 Å². The lowest BCUT2D eigenvalue weighted by Gasteiger charge is -2.21. The predicted molar refractivity (Wildman–Crippen MR) is 42.6 cm³/mol. The second-order valence-corrected chi connectivity index (χ2v) is 3.35. The summed E-state index contributed by atoms with van der Waals surface area (Å²) >= 11 is 0. The summed E-state index contributed by atoms with van der Waals surface area (Å²) in [5.41, 5.74) is 0.121. The summed E-state index contributed by atoms with van der Waals surface area (Å²) in [6.45, 7) is 3.57. The van der Waals surface area contributed by atoms with E-state index in [4.69, 9.17) is 5.11 Å². The van der Waals surface area contributed by atoms with Crippen molar-refractivity contribution in [3.05, 3.63) is 11.6 Å². The van der Waals surface area contributed by atoms with E-state index in [0.717, 1.165) is 0 Å². The summed E-state index contributed by atoms with van der Waals surface area (Å²) in [6, 6.07) is 0. The Morgan fingerprint density at radius 1 is 1.67 bits per heavy atom. The van der Waals surface area contributed by atoms with Gasteiger partial charge in [-0.15, -0.1) is 0 Å². The first-order valence-corrected chi connectivity index (χ1v) is 3.67. The smallest absolute Gasteiger partial charge is 0.307 e. The summed E-state index contributed by atoms with van der Waals surface area (Å²) in [7, 11) is 0. The Labute approximate surface area is 70.3 Å². The Balaban J connectivity index is 2.81. The van der Waals surface area contributed by atoms with E-state index in [1.54, 1.807) is 13.8 Å². The molecule has 0 fully saturated rings. The van der Waals surface area contributed by atoms with Crippen LogP contribution < -0.4 is 5.32 Å². The third kappa shape index (κ3) is 1.64. The quantitative estimate of drug-likeness (QED) is 0.624. The van der Waals surface area contributed by atoms with Crippen LogP contribution in [0, 0.1) is 0 Å². The lowest BCUT2D eigenvalue weighted by atomic mass is 9.94. The number of nitrogens with one attached hydrogen (secondary N) is 1. The lowest BCUT2D eigenvalue weighted by Crippen LogP contribution is -2.38. The topological polar surface area (TPSA) is 66.4 Å². The average Bonchev–Trinajstić information content (AvgIpc) is 2.04. The van der Waals surface area contributed by atoms with Gasteiger partial charge in [0.15, 0.2) is 0 Å². The van der Waals surface area contributed by atoms with Crippen LogP contribution in [0.2, 0.25) is 0 Å². The fourth-order valence-corrected chi connectivity index (χ4v) is 1.20. The molecule has 0 radical (unpaired) electrons. The third-order valence-electron chi connectivity index (χ3n) is 1.89. The highest BCUT2D eigenvalue weighted by molar-refractivity contribution is 5.94. The van der Waals surface area contributed by atoms with Crippen LogP contribution in [0.25, 0.3) is 0 Å². The van der Waals surface area contributed by atoms with Crippen LogP contribution in [0.15, 0.2) is 11.6 Å². The van der Waals surface area contributed by atoms with Crippen LogP contribution in [-0.4, -0.2) is 22.5 Å². The fourth-order valence-electron chi connectivity index (χ4n) is 1.20. The van der Waals surface area contributed by atoms with Gasteiger partial charge >= 0.3 is 5.97 Å². The summed E-state index contributed by atoms with van der Waals surface area (Å²) in [4.78, 5) is 21.2. The van der Waals surface area contributed by atoms with E-state index in [9.17, 15) is 9.59 Å². The number of aliphatic carboxylic acids is 1. The molecule has 0 saturated carbocycles. The molecular weight excluding hydrogens is 158 g/mol. The molecule has 0 saturated heterocycles. The molecular formula is C8H11NO3. The van der Waals surface area contributed by atoms with E-state index >= 15 is 0 Å². The molecule has 0 atom stereocenters. The van der Waals surface area contributed by atoms with Gasteiger partial charge in [0.25, 0.3) is 0 Å².